The van der Waals surface area contributed by atoms with E-state index in [1.165, 1.54) is 18.3 Å². The number of hydrogen-bond acceptors (Lipinski definition) is 10. The summed E-state index contributed by atoms with van der Waals surface area (Å²) in [6.45, 7) is 4.17. The Bertz CT molecular complexity index is 1880. The number of carbonyl (C=O) groups is 3. The Hall–Kier alpha value is -4.98. The maximum Gasteiger partial charge on any atom is 0.332 e. The molecule has 6 heterocycles. The number of hydrogen-bond donors (Lipinski definition) is 2. The van der Waals surface area contributed by atoms with Crippen molar-refractivity contribution in [3.05, 3.63) is 65.9 Å². The Balaban J connectivity index is 1.03. The Morgan fingerprint density at radius 1 is 1.09 bits per heavy atom. The van der Waals surface area contributed by atoms with Gasteiger partial charge in [-0.05, 0) is 56.7 Å². The number of aromatic nitrogens is 6. The zero-order valence-corrected chi connectivity index (χ0v) is 25.1. The smallest absolute Gasteiger partial charge is 0.332 e. The normalized spacial score (nSPS) is 22.6. The molecule has 2 unspecified atom stereocenters. The Morgan fingerprint density at radius 2 is 1.89 bits per heavy atom. The van der Waals surface area contributed by atoms with Gasteiger partial charge in [-0.25, -0.2) is 29.7 Å². The van der Waals surface area contributed by atoms with Gasteiger partial charge in [-0.15, -0.1) is 0 Å². The number of pyridine rings is 1. The van der Waals surface area contributed by atoms with Crippen LogP contribution in [-0.2, 0) is 14.3 Å². The Labute approximate surface area is 258 Å². The number of imidazole rings is 1. The molecule has 4 aliphatic rings. The second-order valence-electron chi connectivity index (χ2n) is 12.5. The summed E-state index contributed by atoms with van der Waals surface area (Å²) in [6.07, 6.45) is 9.97. The Kier molecular flexibility index (Phi) is 6.14. The summed E-state index contributed by atoms with van der Waals surface area (Å²) in [5.41, 5.74) is 2.84. The predicted octanol–water partition coefficient (Wildman–Crippen LogP) is 3.18. The van der Waals surface area contributed by atoms with Gasteiger partial charge < -0.3 is 19.8 Å². The molecular weight excluding hydrogens is 576 g/mol. The number of rotatable bonds is 8. The molecule has 2 saturated carbocycles. The molecular formula is C31H32N10O4. The van der Waals surface area contributed by atoms with Crippen molar-refractivity contribution < 1.29 is 19.1 Å². The van der Waals surface area contributed by atoms with E-state index in [1.807, 2.05) is 36.6 Å². The van der Waals surface area contributed by atoms with Crippen LogP contribution in [0.15, 0.2) is 43.1 Å². The molecule has 4 aromatic heterocycles. The van der Waals surface area contributed by atoms with Gasteiger partial charge in [-0.2, -0.15) is 0 Å². The minimum atomic E-state index is -1.04. The number of imide groups is 1. The van der Waals surface area contributed by atoms with Gasteiger partial charge in [0.25, 0.3) is 5.91 Å². The van der Waals surface area contributed by atoms with Crippen LogP contribution in [0.25, 0.3) is 5.65 Å². The molecule has 1 spiro atoms. The van der Waals surface area contributed by atoms with Crippen LogP contribution >= 0.6 is 0 Å². The highest BCUT2D eigenvalue weighted by molar-refractivity contribution is 6.18. The molecule has 0 bridgehead atoms. The fraction of sp³-hybridized carbons (Fsp3) is 0.419. The van der Waals surface area contributed by atoms with E-state index in [1.54, 1.807) is 17.2 Å². The summed E-state index contributed by atoms with van der Waals surface area (Å²) in [5.74, 6) is 1.43. The zero-order valence-electron chi connectivity index (χ0n) is 25.1. The zero-order chi connectivity index (χ0) is 31.0. The summed E-state index contributed by atoms with van der Waals surface area (Å²) in [4.78, 5) is 64.5. The molecule has 14 heteroatoms. The van der Waals surface area contributed by atoms with Gasteiger partial charge in [0.05, 0.1) is 30.6 Å². The number of nitrogens with zero attached hydrogens (tertiary/aromatic N) is 8. The molecule has 45 heavy (non-hydrogen) atoms. The average molecular weight is 609 g/mol. The van der Waals surface area contributed by atoms with Crippen LogP contribution in [0.5, 0.6) is 0 Å². The molecule has 230 valence electrons. The number of carbonyl (C=O) groups excluding carboxylic acids is 3. The summed E-state index contributed by atoms with van der Waals surface area (Å²) in [5, 5.41) is 6.26. The van der Waals surface area contributed by atoms with Gasteiger partial charge in [0.15, 0.2) is 11.2 Å². The SMILES string of the molecule is Cc1ccnc(C2CC2C(=O)Nc2cc(N[C@H](C)c3cn4cc(C5CC5)cc(N5C(=O)N(C)C(=O)C56COC6)c4n3)ncn2)n1. The minimum Gasteiger partial charge on any atom is -0.375 e. The van der Waals surface area contributed by atoms with E-state index in [2.05, 4.69) is 36.8 Å². The third-order valence-electron chi connectivity index (χ3n) is 9.15. The van der Waals surface area contributed by atoms with E-state index >= 15 is 0 Å². The van der Waals surface area contributed by atoms with Crippen LogP contribution in [0.1, 0.15) is 66.8 Å². The first kappa shape index (κ1) is 27.6. The van der Waals surface area contributed by atoms with E-state index in [4.69, 9.17) is 9.72 Å². The van der Waals surface area contributed by atoms with Gasteiger partial charge in [0.1, 0.15) is 23.8 Å². The van der Waals surface area contributed by atoms with Gasteiger partial charge in [0, 0.05) is 49.2 Å². The van der Waals surface area contributed by atoms with Crippen LogP contribution < -0.4 is 15.5 Å². The number of likely N-dealkylation sites (N-methyl/N-ethyl adjacent to an activating group) is 1. The maximum atomic E-state index is 13.4. The van der Waals surface area contributed by atoms with Crippen molar-refractivity contribution in [1.82, 2.24) is 34.2 Å². The fourth-order valence-corrected chi connectivity index (χ4v) is 6.28. The lowest BCUT2D eigenvalue weighted by atomic mass is 9.95. The second kappa shape index (κ2) is 10.0. The second-order valence-corrected chi connectivity index (χ2v) is 12.5. The number of nitrogens with one attached hydrogen (secondary N) is 2. The lowest BCUT2D eigenvalue weighted by molar-refractivity contribution is -0.144. The topological polar surface area (TPSA) is 160 Å². The number of amides is 4. The molecule has 8 rings (SSSR count). The number of ether oxygens (including phenoxy) is 1. The largest absolute Gasteiger partial charge is 0.375 e. The van der Waals surface area contributed by atoms with Crippen LogP contribution in [-0.4, -0.2) is 77.9 Å². The van der Waals surface area contributed by atoms with Crippen LogP contribution in [0.4, 0.5) is 22.1 Å². The number of aryl methyl sites for hydroxylation is 1. The standard InChI is InChI=1S/C31H32N10O4/c1-16-6-7-32-26(35-16)20-9-21(20)28(42)38-25-10-24(33-15-34-25)36-17(2)22-12-40-11-19(18-4-5-18)8-23(27(40)37-22)41-30(44)39(3)29(43)31(41)13-45-14-31/h6-8,10-12,15,17-18,20-21H,4-5,9,13-14H2,1-3H3,(H2,33,34,36,38,42)/t17-,20?,21?/m1/s1. The van der Waals surface area contributed by atoms with Crippen molar-refractivity contribution in [1.29, 1.82) is 0 Å². The first-order chi connectivity index (χ1) is 21.7. The van der Waals surface area contributed by atoms with Crippen LogP contribution in [0, 0.1) is 12.8 Å². The van der Waals surface area contributed by atoms with E-state index in [0.29, 0.717) is 41.1 Å². The number of anilines is 3. The molecule has 0 radical (unpaired) electrons. The number of urea groups is 1. The van der Waals surface area contributed by atoms with Crippen molar-refractivity contribution in [2.45, 2.75) is 56.5 Å². The van der Waals surface area contributed by atoms with Gasteiger partial charge in [0.2, 0.25) is 5.91 Å². The summed E-state index contributed by atoms with van der Waals surface area (Å²) in [6, 6.07) is 4.86. The first-order valence-corrected chi connectivity index (χ1v) is 15.1. The fourth-order valence-electron chi connectivity index (χ4n) is 6.28. The monoisotopic (exact) mass is 608 g/mol. The Morgan fingerprint density at radius 3 is 2.62 bits per heavy atom. The molecule has 2 saturated heterocycles. The van der Waals surface area contributed by atoms with Crippen molar-refractivity contribution in [3.8, 4) is 0 Å². The van der Waals surface area contributed by atoms with Crippen LogP contribution in [0.2, 0.25) is 0 Å². The molecule has 2 N–H and O–H groups in total. The molecule has 4 aromatic rings. The van der Waals surface area contributed by atoms with E-state index in [0.717, 1.165) is 29.8 Å². The van der Waals surface area contributed by atoms with Gasteiger partial charge >= 0.3 is 6.03 Å². The van der Waals surface area contributed by atoms with E-state index < -0.39 is 5.54 Å². The third-order valence-corrected chi connectivity index (χ3v) is 9.15. The summed E-state index contributed by atoms with van der Waals surface area (Å²) < 4.78 is 7.39. The highest BCUT2D eigenvalue weighted by Gasteiger charge is 2.62. The lowest BCUT2D eigenvalue weighted by Crippen LogP contribution is -2.64. The van der Waals surface area contributed by atoms with Gasteiger partial charge in [-0.3, -0.25) is 19.4 Å². The molecule has 2 aliphatic carbocycles. The quantitative estimate of drug-likeness (QED) is 0.284. The average Bonchev–Trinajstić information content (AvgIpc) is 3.93. The minimum absolute atomic E-state index is 0.00536. The molecule has 2 aliphatic heterocycles. The number of fused-ring (bicyclic) bond motifs is 1. The van der Waals surface area contributed by atoms with Crippen molar-refractivity contribution in [2.75, 3.05) is 35.8 Å². The maximum absolute atomic E-state index is 13.4. The van der Waals surface area contributed by atoms with E-state index in [-0.39, 0.29) is 48.9 Å². The predicted molar refractivity (Wildman–Crippen MR) is 162 cm³/mol. The van der Waals surface area contributed by atoms with Gasteiger partial charge in [-0.1, -0.05) is 0 Å². The van der Waals surface area contributed by atoms with Crippen molar-refractivity contribution >= 4 is 40.8 Å². The molecule has 4 fully saturated rings. The van der Waals surface area contributed by atoms with Crippen molar-refractivity contribution in [2.24, 2.45) is 5.92 Å². The molecule has 3 atom stereocenters. The third kappa shape index (κ3) is 4.58. The molecule has 4 amide bonds. The highest BCUT2D eigenvalue weighted by atomic mass is 16.5. The highest BCUT2D eigenvalue weighted by Crippen LogP contribution is 2.47. The van der Waals surface area contributed by atoms with Crippen LogP contribution in [0.3, 0.4) is 0 Å². The lowest BCUT2D eigenvalue weighted by Gasteiger charge is -2.41. The summed E-state index contributed by atoms with van der Waals surface area (Å²) >= 11 is 0. The summed E-state index contributed by atoms with van der Waals surface area (Å²) in [7, 11) is 1.51. The van der Waals surface area contributed by atoms with Crippen molar-refractivity contribution in [3.63, 3.8) is 0 Å². The molecule has 14 nitrogen and oxygen atoms in total. The molecule has 0 aromatic carbocycles. The first-order valence-electron chi connectivity index (χ1n) is 15.1. The van der Waals surface area contributed by atoms with E-state index in [9.17, 15) is 14.4 Å².